The van der Waals surface area contributed by atoms with Gasteiger partial charge in [-0.25, -0.2) is 0 Å². The van der Waals surface area contributed by atoms with Crippen molar-refractivity contribution in [2.75, 3.05) is 0 Å². The quantitative estimate of drug-likeness (QED) is 0.155. The third-order valence-corrected chi connectivity index (χ3v) is 16.3. The van der Waals surface area contributed by atoms with Gasteiger partial charge in [-0.2, -0.15) is 0 Å². The summed E-state index contributed by atoms with van der Waals surface area (Å²) in [5, 5.41) is 5.69. The molecule has 0 amide bonds. The Bertz CT molecular complexity index is 3230. The summed E-state index contributed by atoms with van der Waals surface area (Å²) >= 11 is 0. The number of hydrogen-bond acceptors (Lipinski definition) is 0. The van der Waals surface area contributed by atoms with Crippen LogP contribution in [0.15, 0.2) is 132 Å². The topological polar surface area (TPSA) is 0 Å². The van der Waals surface area contributed by atoms with E-state index in [1.165, 1.54) is 122 Å². The summed E-state index contributed by atoms with van der Waals surface area (Å²) in [6.45, 7) is 46.3. The van der Waals surface area contributed by atoms with Gasteiger partial charge < -0.3 is 0 Å². The van der Waals surface area contributed by atoms with Gasteiger partial charge >= 0.3 is 0 Å². The van der Waals surface area contributed by atoms with Gasteiger partial charge in [-0.05, 0) is 168 Å². The third kappa shape index (κ3) is 10.1. The number of fused-ring (bicyclic) bond motifs is 6. The van der Waals surface area contributed by atoms with Crippen LogP contribution in [0.2, 0.25) is 0 Å². The molecule has 0 saturated carbocycles. The van der Waals surface area contributed by atoms with Crippen molar-refractivity contribution in [3.8, 4) is 11.1 Å². The molecule has 5 aromatic carbocycles. The Morgan fingerprint density at radius 2 is 1.12 bits per heavy atom. The summed E-state index contributed by atoms with van der Waals surface area (Å²) in [7, 11) is 0. The predicted octanol–water partition coefficient (Wildman–Crippen LogP) is 22.0. The maximum atomic E-state index is 2.64. The normalized spacial score (nSPS) is 25.3. The number of hydrogen-bond donors (Lipinski definition) is 0. The molecule has 0 saturated heterocycles. The van der Waals surface area contributed by atoms with Crippen LogP contribution in [-0.2, 0) is 18.3 Å². The Balaban J connectivity index is 0.00000152. The van der Waals surface area contributed by atoms with Crippen LogP contribution in [0, 0.1) is 34.0 Å². The van der Waals surface area contributed by atoms with Gasteiger partial charge in [0.05, 0.1) is 0 Å². The Labute approximate surface area is 445 Å². The highest BCUT2D eigenvalue weighted by atomic mass is 14.4. The van der Waals surface area contributed by atoms with Crippen molar-refractivity contribution in [2.45, 2.75) is 170 Å². The molecule has 5 aromatic rings. The lowest BCUT2D eigenvalue weighted by molar-refractivity contribution is 0.508. The summed E-state index contributed by atoms with van der Waals surface area (Å²) in [5.41, 5.74) is 25.3. The molecule has 0 N–H and O–H groups in total. The van der Waals surface area contributed by atoms with Gasteiger partial charge in [-0.1, -0.05) is 261 Å². The summed E-state index contributed by atoms with van der Waals surface area (Å²) in [6.07, 6.45) is 24.7. The highest BCUT2D eigenvalue weighted by molar-refractivity contribution is 6.16. The van der Waals surface area contributed by atoms with Gasteiger partial charge in [-0.15, -0.1) is 0 Å². The number of benzene rings is 5. The zero-order valence-electron chi connectivity index (χ0n) is 48.3. The molecule has 10 rings (SSSR count). The van der Waals surface area contributed by atoms with Gasteiger partial charge in [-0.3, -0.25) is 0 Å². The van der Waals surface area contributed by atoms with Crippen LogP contribution in [0.3, 0.4) is 0 Å². The fraction of sp³-hybridized carbons (Fsp3) is 0.425. The Hall–Kier alpha value is -5.46. The number of allylic oxidation sites excluding steroid dienone is 14. The van der Waals surface area contributed by atoms with Gasteiger partial charge in [0.1, 0.15) is 0 Å². The molecule has 5 aliphatic rings. The molecule has 0 aromatic heterocycles. The standard InChI is InChI=1S/C68H76.2C2H6.CH4/c1-39-17-18-43-22-28-55(56-29-23-45(41(3)62(43)56)33-49(31-39)65(5,6)7)61-40(2)32-50(66(8,9)10)37-57-42(4)58(38-60(61)68(14,15)16)53-27-24-46(36-59(53)57)52-26-21-44-19-20-47-34-51(67(11,12)13)35-48-25-30-54(52)64(44)63(47)48;2*1-2;/h17-18,21-42H,19-20H2,1-16H3;2*1-2H3;1H4/b18-17-,45-33-,49-31+,50-32+,57-37+,58-38+,61-60-;;;. The summed E-state index contributed by atoms with van der Waals surface area (Å²) in [6, 6.07) is 27.0. The second-order valence-electron chi connectivity index (χ2n) is 25.5. The first kappa shape index (κ1) is 55.3. The molecule has 0 fully saturated rings. The monoisotopic (exact) mass is 969 g/mol. The van der Waals surface area contributed by atoms with E-state index in [1.54, 1.807) is 0 Å². The average molecular weight is 970 g/mol. The van der Waals surface area contributed by atoms with E-state index in [0.29, 0.717) is 5.92 Å². The van der Waals surface area contributed by atoms with E-state index >= 15 is 0 Å². The molecule has 0 radical (unpaired) electrons. The molecule has 73 heavy (non-hydrogen) atoms. The second-order valence-corrected chi connectivity index (χ2v) is 25.5. The van der Waals surface area contributed by atoms with E-state index in [1.807, 2.05) is 27.7 Å². The van der Waals surface area contributed by atoms with Gasteiger partial charge in [0.2, 0.25) is 0 Å². The minimum absolute atomic E-state index is 0. The van der Waals surface area contributed by atoms with Crippen molar-refractivity contribution in [1.82, 2.24) is 0 Å². The van der Waals surface area contributed by atoms with Crippen LogP contribution in [0.5, 0.6) is 0 Å². The van der Waals surface area contributed by atoms with Gasteiger partial charge in [0, 0.05) is 17.8 Å². The van der Waals surface area contributed by atoms with Crippen molar-refractivity contribution < 1.29 is 0 Å². The van der Waals surface area contributed by atoms with E-state index in [0.717, 1.165) is 12.8 Å². The molecule has 0 heterocycles. The van der Waals surface area contributed by atoms with Gasteiger partial charge in [0.25, 0.3) is 0 Å². The average Bonchev–Trinajstić information content (AvgIpc) is 3.57. The zero-order valence-corrected chi connectivity index (χ0v) is 48.3. The molecule has 0 aliphatic heterocycles. The molecule has 384 valence electrons. The molecule has 4 bridgehead atoms. The molecular formula is C73H92. The van der Waals surface area contributed by atoms with E-state index in [-0.39, 0.29) is 46.8 Å². The number of aryl methyl sites for hydroxylation is 2. The van der Waals surface area contributed by atoms with Crippen molar-refractivity contribution in [3.05, 3.63) is 182 Å². The van der Waals surface area contributed by atoms with E-state index in [9.17, 15) is 0 Å². The Kier molecular flexibility index (Phi) is 15.4. The Morgan fingerprint density at radius 3 is 1.78 bits per heavy atom. The first-order valence-electron chi connectivity index (χ1n) is 27.9. The lowest BCUT2D eigenvalue weighted by atomic mass is 9.71. The van der Waals surface area contributed by atoms with Crippen LogP contribution >= 0.6 is 0 Å². The fourth-order valence-electron chi connectivity index (χ4n) is 12.2. The van der Waals surface area contributed by atoms with Crippen LogP contribution in [-0.4, -0.2) is 0 Å². The maximum absolute atomic E-state index is 2.64. The first-order valence-corrected chi connectivity index (χ1v) is 27.9. The van der Waals surface area contributed by atoms with Crippen molar-refractivity contribution >= 4 is 50.4 Å². The number of rotatable bonds is 2. The molecule has 4 atom stereocenters. The smallest absolute Gasteiger partial charge is 0.00735 e. The minimum atomic E-state index is -0.123. The third-order valence-electron chi connectivity index (χ3n) is 16.3. The van der Waals surface area contributed by atoms with Gasteiger partial charge in [0.15, 0.2) is 0 Å². The maximum Gasteiger partial charge on any atom is 0.00735 e. The van der Waals surface area contributed by atoms with Crippen molar-refractivity contribution in [3.63, 3.8) is 0 Å². The molecular weight excluding hydrogens is 877 g/mol. The van der Waals surface area contributed by atoms with Crippen LogP contribution in [0.1, 0.15) is 202 Å². The van der Waals surface area contributed by atoms with E-state index in [2.05, 4.69) is 232 Å². The largest absolute Gasteiger partial charge is 0.0776 e. The molecule has 0 spiro atoms. The zero-order chi connectivity index (χ0) is 52.6. The highest BCUT2D eigenvalue weighted by Gasteiger charge is 2.36. The minimum Gasteiger partial charge on any atom is -0.0776 e. The van der Waals surface area contributed by atoms with Crippen LogP contribution in [0.4, 0.5) is 0 Å². The lowest BCUT2D eigenvalue weighted by Gasteiger charge is -2.34. The Morgan fingerprint density at radius 1 is 0.493 bits per heavy atom. The van der Waals surface area contributed by atoms with E-state index in [4.69, 9.17) is 0 Å². The summed E-state index contributed by atoms with van der Waals surface area (Å²) < 4.78 is 0. The molecule has 5 aliphatic carbocycles. The molecule has 4 unspecified atom stereocenters. The van der Waals surface area contributed by atoms with Crippen molar-refractivity contribution in [1.29, 1.82) is 0 Å². The second kappa shape index (κ2) is 20.3. The highest BCUT2D eigenvalue weighted by Crippen LogP contribution is 2.54. The summed E-state index contributed by atoms with van der Waals surface area (Å²) in [5.74, 6) is 1.01. The van der Waals surface area contributed by atoms with Crippen LogP contribution in [0.25, 0.3) is 61.5 Å². The summed E-state index contributed by atoms with van der Waals surface area (Å²) in [4.78, 5) is 0. The predicted molar refractivity (Wildman–Crippen MR) is 328 cm³/mol. The SMILES string of the molecule is C.CC.CC.CC1/C=C\c2ccc(/C3=C(C(C)(C)C)/C=C4/c5ccc(-c6ccc7c8c6ccc6cc(C(C)(C)C)cc(c68)CC7)cc5/C(=C/C(C(C)(C)C)=C\C3C)C4C)c3c2C(C)/C(=C\C(C(C)(C)C)=C/1)C=C3. The fourth-order valence-corrected chi connectivity index (χ4v) is 12.2. The van der Waals surface area contributed by atoms with E-state index < -0.39 is 0 Å². The van der Waals surface area contributed by atoms with Crippen molar-refractivity contribution in [2.24, 2.45) is 34.0 Å². The first-order chi connectivity index (χ1) is 33.9. The molecule has 0 heteroatoms. The lowest BCUT2D eigenvalue weighted by Crippen LogP contribution is -2.18. The molecule has 0 nitrogen and oxygen atoms in total. The van der Waals surface area contributed by atoms with Crippen LogP contribution < -0.4 is 0 Å².